The van der Waals surface area contributed by atoms with Gasteiger partial charge in [-0.1, -0.05) is 0 Å². The van der Waals surface area contributed by atoms with Crippen molar-refractivity contribution >= 4 is 11.7 Å². The lowest BCUT2D eigenvalue weighted by Crippen LogP contribution is -2.32. The van der Waals surface area contributed by atoms with E-state index >= 15 is 0 Å². The van der Waals surface area contributed by atoms with Crippen molar-refractivity contribution in [2.45, 2.75) is 25.8 Å². The molecule has 0 bridgehead atoms. The van der Waals surface area contributed by atoms with E-state index < -0.39 is 0 Å². The van der Waals surface area contributed by atoms with Gasteiger partial charge in [0.05, 0.1) is 5.69 Å². The molecule has 1 aromatic rings. The van der Waals surface area contributed by atoms with Crippen molar-refractivity contribution in [1.82, 2.24) is 15.5 Å². The fourth-order valence-electron chi connectivity index (χ4n) is 1.55. The molecule has 2 N–H and O–H groups in total. The van der Waals surface area contributed by atoms with Gasteiger partial charge in [0.2, 0.25) is 5.91 Å². The molecule has 1 unspecified atom stereocenters. The maximum atomic E-state index is 10.9. The number of anilines is 1. The molecule has 15 heavy (non-hydrogen) atoms. The summed E-state index contributed by atoms with van der Waals surface area (Å²) in [5, 5.41) is 14.0. The van der Waals surface area contributed by atoms with Gasteiger partial charge in [-0.3, -0.25) is 4.79 Å². The average Bonchev–Trinajstić information content (AvgIpc) is 2.64. The van der Waals surface area contributed by atoms with Gasteiger partial charge in [0.15, 0.2) is 0 Å². The summed E-state index contributed by atoms with van der Waals surface area (Å²) < 4.78 is 0. The summed E-state index contributed by atoms with van der Waals surface area (Å²) in [5.41, 5.74) is 0.898. The molecule has 2 heterocycles. The molecule has 0 saturated carbocycles. The predicted octanol–water partition coefficient (Wildman–Crippen LogP) is 0.476. The standard InChI is InChI=1S/C10H14N4O/c1-7-2-4-9(14-13-7)11-6-8-3-5-10(15)12-8/h2,4,8H,3,5-6H2,1H3,(H,11,14)(H,12,15). The zero-order chi connectivity index (χ0) is 10.7. The van der Waals surface area contributed by atoms with E-state index in [1.54, 1.807) is 0 Å². The molecule has 1 amide bonds. The van der Waals surface area contributed by atoms with Crippen LogP contribution in [0.2, 0.25) is 0 Å². The maximum Gasteiger partial charge on any atom is 0.220 e. The second-order valence-electron chi connectivity index (χ2n) is 3.74. The summed E-state index contributed by atoms with van der Waals surface area (Å²) in [4.78, 5) is 10.9. The van der Waals surface area contributed by atoms with Crippen molar-refractivity contribution in [3.63, 3.8) is 0 Å². The molecule has 0 spiro atoms. The van der Waals surface area contributed by atoms with Gasteiger partial charge in [0.1, 0.15) is 5.82 Å². The van der Waals surface area contributed by atoms with Crippen LogP contribution in [0, 0.1) is 6.92 Å². The Balaban J connectivity index is 1.83. The van der Waals surface area contributed by atoms with E-state index in [4.69, 9.17) is 0 Å². The molecule has 0 aliphatic carbocycles. The Morgan fingerprint density at radius 2 is 2.40 bits per heavy atom. The number of aryl methyl sites for hydroxylation is 1. The van der Waals surface area contributed by atoms with Crippen LogP contribution < -0.4 is 10.6 Å². The van der Waals surface area contributed by atoms with Crippen molar-refractivity contribution in [3.05, 3.63) is 17.8 Å². The number of nitrogens with one attached hydrogen (secondary N) is 2. The SMILES string of the molecule is Cc1ccc(NCC2CCC(=O)N2)nn1. The summed E-state index contributed by atoms with van der Waals surface area (Å²) in [5.74, 6) is 0.888. The van der Waals surface area contributed by atoms with Gasteiger partial charge in [-0.05, 0) is 25.5 Å². The molecule has 0 aromatic carbocycles. The highest BCUT2D eigenvalue weighted by Crippen LogP contribution is 2.08. The molecule has 5 heteroatoms. The molecule has 1 aliphatic rings. The smallest absolute Gasteiger partial charge is 0.220 e. The zero-order valence-corrected chi connectivity index (χ0v) is 8.66. The highest BCUT2D eigenvalue weighted by molar-refractivity contribution is 5.78. The Labute approximate surface area is 88.3 Å². The van der Waals surface area contributed by atoms with Gasteiger partial charge in [0.25, 0.3) is 0 Å². The summed E-state index contributed by atoms with van der Waals surface area (Å²) in [6.07, 6.45) is 1.52. The number of nitrogens with zero attached hydrogens (tertiary/aromatic N) is 2. The lowest BCUT2D eigenvalue weighted by atomic mass is 10.2. The fraction of sp³-hybridized carbons (Fsp3) is 0.500. The zero-order valence-electron chi connectivity index (χ0n) is 8.66. The third-order valence-electron chi connectivity index (χ3n) is 2.41. The van der Waals surface area contributed by atoms with Gasteiger partial charge in [-0.15, -0.1) is 5.10 Å². The normalized spacial score (nSPS) is 20.1. The second kappa shape index (κ2) is 4.25. The van der Waals surface area contributed by atoms with E-state index in [2.05, 4.69) is 20.8 Å². The Hall–Kier alpha value is -1.65. The molecule has 1 atom stereocenters. The molecule has 2 rings (SSSR count). The number of hydrogen-bond donors (Lipinski definition) is 2. The number of carbonyl (C=O) groups excluding carboxylic acids is 1. The van der Waals surface area contributed by atoms with Gasteiger partial charge < -0.3 is 10.6 Å². The minimum atomic E-state index is 0.136. The summed E-state index contributed by atoms with van der Waals surface area (Å²) in [6.45, 7) is 2.61. The molecule has 80 valence electrons. The first-order valence-electron chi connectivity index (χ1n) is 5.07. The maximum absolute atomic E-state index is 10.9. The number of carbonyl (C=O) groups is 1. The Morgan fingerprint density at radius 1 is 1.53 bits per heavy atom. The Morgan fingerprint density at radius 3 is 3.00 bits per heavy atom. The van der Waals surface area contributed by atoms with Crippen LogP contribution in [0.1, 0.15) is 18.5 Å². The lowest BCUT2D eigenvalue weighted by Gasteiger charge is -2.10. The van der Waals surface area contributed by atoms with Crippen LogP contribution in [-0.2, 0) is 4.79 Å². The van der Waals surface area contributed by atoms with E-state index in [0.717, 1.165) is 17.9 Å². The van der Waals surface area contributed by atoms with Crippen LogP contribution in [0.15, 0.2) is 12.1 Å². The first-order valence-corrected chi connectivity index (χ1v) is 5.07. The van der Waals surface area contributed by atoms with Gasteiger partial charge >= 0.3 is 0 Å². The summed E-state index contributed by atoms with van der Waals surface area (Å²) in [7, 11) is 0. The average molecular weight is 206 g/mol. The van der Waals surface area contributed by atoms with Gasteiger partial charge in [-0.25, -0.2) is 0 Å². The van der Waals surface area contributed by atoms with E-state index in [0.29, 0.717) is 13.0 Å². The highest BCUT2D eigenvalue weighted by atomic mass is 16.1. The van der Waals surface area contributed by atoms with Gasteiger partial charge in [-0.2, -0.15) is 5.10 Å². The second-order valence-corrected chi connectivity index (χ2v) is 3.74. The topological polar surface area (TPSA) is 66.9 Å². The largest absolute Gasteiger partial charge is 0.367 e. The summed E-state index contributed by atoms with van der Waals surface area (Å²) in [6, 6.07) is 4.02. The van der Waals surface area contributed by atoms with E-state index in [1.165, 1.54) is 0 Å². The van der Waals surface area contributed by atoms with Crippen molar-refractivity contribution < 1.29 is 4.79 Å². The number of hydrogen-bond acceptors (Lipinski definition) is 4. The highest BCUT2D eigenvalue weighted by Gasteiger charge is 2.20. The molecule has 1 fully saturated rings. The van der Waals surface area contributed by atoms with Crippen LogP contribution in [0.4, 0.5) is 5.82 Å². The number of aromatic nitrogens is 2. The molecule has 1 aliphatic heterocycles. The third kappa shape index (κ3) is 2.65. The summed E-state index contributed by atoms with van der Waals surface area (Å²) >= 11 is 0. The van der Waals surface area contributed by atoms with Crippen molar-refractivity contribution in [3.8, 4) is 0 Å². The van der Waals surface area contributed by atoms with E-state index in [1.807, 2.05) is 19.1 Å². The number of amides is 1. The first kappa shape index (κ1) is 9.89. The molecule has 0 radical (unpaired) electrons. The minimum Gasteiger partial charge on any atom is -0.367 e. The van der Waals surface area contributed by atoms with Crippen LogP contribution in [0.25, 0.3) is 0 Å². The lowest BCUT2D eigenvalue weighted by molar-refractivity contribution is -0.119. The molecular formula is C10H14N4O. The molecule has 1 aromatic heterocycles. The third-order valence-corrected chi connectivity index (χ3v) is 2.41. The van der Waals surface area contributed by atoms with Crippen LogP contribution in [0.3, 0.4) is 0 Å². The molecule has 5 nitrogen and oxygen atoms in total. The van der Waals surface area contributed by atoms with Crippen LogP contribution >= 0.6 is 0 Å². The van der Waals surface area contributed by atoms with E-state index in [9.17, 15) is 4.79 Å². The van der Waals surface area contributed by atoms with E-state index in [-0.39, 0.29) is 11.9 Å². The molecule has 1 saturated heterocycles. The predicted molar refractivity (Wildman–Crippen MR) is 56.4 cm³/mol. The quantitative estimate of drug-likeness (QED) is 0.754. The van der Waals surface area contributed by atoms with Gasteiger partial charge in [0, 0.05) is 19.0 Å². The van der Waals surface area contributed by atoms with Crippen molar-refractivity contribution in [2.24, 2.45) is 0 Å². The Kier molecular flexibility index (Phi) is 2.80. The first-order chi connectivity index (χ1) is 7.24. The van der Waals surface area contributed by atoms with Crippen LogP contribution in [-0.4, -0.2) is 28.7 Å². The Bertz CT molecular complexity index is 349. The monoisotopic (exact) mass is 206 g/mol. The fourth-order valence-corrected chi connectivity index (χ4v) is 1.55. The number of rotatable bonds is 3. The molecular weight excluding hydrogens is 192 g/mol. The van der Waals surface area contributed by atoms with Crippen molar-refractivity contribution in [1.29, 1.82) is 0 Å². The minimum absolute atomic E-state index is 0.136. The van der Waals surface area contributed by atoms with Crippen molar-refractivity contribution in [2.75, 3.05) is 11.9 Å². The van der Waals surface area contributed by atoms with Crippen LogP contribution in [0.5, 0.6) is 0 Å².